The van der Waals surface area contributed by atoms with Crippen LogP contribution in [-0.2, 0) is 6.42 Å². The van der Waals surface area contributed by atoms with E-state index in [1.54, 1.807) is 12.3 Å². The van der Waals surface area contributed by atoms with Crippen LogP contribution in [0.3, 0.4) is 0 Å². The van der Waals surface area contributed by atoms with Gasteiger partial charge in [0.15, 0.2) is 0 Å². The minimum absolute atomic E-state index is 0.754. The number of pyridine rings is 1. The molecule has 0 aliphatic rings. The van der Waals surface area contributed by atoms with Crippen molar-refractivity contribution in [1.82, 2.24) is 4.98 Å². The molecular formula is C14H13NO. The highest BCUT2D eigenvalue weighted by Gasteiger charge is 1.96. The van der Waals surface area contributed by atoms with E-state index in [9.17, 15) is 0 Å². The molecule has 0 bridgehead atoms. The molecule has 0 spiro atoms. The van der Waals surface area contributed by atoms with Gasteiger partial charge in [0.05, 0.1) is 6.26 Å². The largest absolute Gasteiger partial charge is 0.516 e. The Morgan fingerprint density at radius 3 is 2.50 bits per heavy atom. The molecule has 1 N–H and O–H groups in total. The van der Waals surface area contributed by atoms with E-state index in [0.29, 0.717) is 0 Å². The van der Waals surface area contributed by atoms with Crippen molar-refractivity contribution in [2.45, 2.75) is 6.42 Å². The molecule has 0 fully saturated rings. The summed E-state index contributed by atoms with van der Waals surface area (Å²) in [7, 11) is 0. The summed E-state index contributed by atoms with van der Waals surface area (Å²) in [4.78, 5) is 4.09. The molecule has 0 unspecified atom stereocenters. The normalized spacial score (nSPS) is 10.8. The zero-order valence-corrected chi connectivity index (χ0v) is 8.88. The minimum Gasteiger partial charge on any atom is -0.516 e. The SMILES string of the molecule is O/C=C/Cc1ccc(-c2cccnc2)cc1. The Hall–Kier alpha value is -2.09. The Labute approximate surface area is 94.9 Å². The summed E-state index contributed by atoms with van der Waals surface area (Å²) in [5, 5.41) is 8.57. The zero-order chi connectivity index (χ0) is 11.2. The van der Waals surface area contributed by atoms with Gasteiger partial charge in [-0.2, -0.15) is 0 Å². The molecule has 0 amide bonds. The van der Waals surface area contributed by atoms with Crippen molar-refractivity contribution in [2.75, 3.05) is 0 Å². The van der Waals surface area contributed by atoms with Crippen LogP contribution in [-0.4, -0.2) is 10.1 Å². The average Bonchev–Trinajstić information content (AvgIpc) is 2.38. The van der Waals surface area contributed by atoms with Crippen LogP contribution in [0.25, 0.3) is 11.1 Å². The minimum atomic E-state index is 0.754. The van der Waals surface area contributed by atoms with Gasteiger partial charge in [-0.1, -0.05) is 30.3 Å². The lowest BCUT2D eigenvalue weighted by Crippen LogP contribution is -1.83. The quantitative estimate of drug-likeness (QED) is 0.789. The summed E-state index contributed by atoms with van der Waals surface area (Å²) in [6.45, 7) is 0. The third-order valence-corrected chi connectivity index (χ3v) is 2.41. The second-order valence-corrected chi connectivity index (χ2v) is 3.53. The molecule has 2 rings (SSSR count). The molecule has 0 radical (unpaired) electrons. The summed E-state index contributed by atoms with van der Waals surface area (Å²) < 4.78 is 0. The topological polar surface area (TPSA) is 33.1 Å². The van der Waals surface area contributed by atoms with Gasteiger partial charge in [-0.3, -0.25) is 4.98 Å². The summed E-state index contributed by atoms with van der Waals surface area (Å²) in [5.74, 6) is 0. The predicted molar refractivity (Wildman–Crippen MR) is 65.1 cm³/mol. The van der Waals surface area contributed by atoms with Crippen LogP contribution in [0.15, 0.2) is 61.1 Å². The molecule has 2 heteroatoms. The van der Waals surface area contributed by atoms with Gasteiger partial charge in [-0.25, -0.2) is 0 Å². The van der Waals surface area contributed by atoms with Crippen LogP contribution in [0, 0.1) is 0 Å². The number of aromatic nitrogens is 1. The van der Waals surface area contributed by atoms with Crippen molar-refractivity contribution in [3.05, 3.63) is 66.7 Å². The van der Waals surface area contributed by atoms with Crippen LogP contribution in [0.2, 0.25) is 0 Å². The summed E-state index contributed by atoms with van der Waals surface area (Å²) in [6, 6.07) is 12.2. The molecule has 16 heavy (non-hydrogen) atoms. The zero-order valence-electron chi connectivity index (χ0n) is 8.88. The van der Waals surface area contributed by atoms with E-state index in [1.807, 2.05) is 18.3 Å². The maximum Gasteiger partial charge on any atom is 0.0755 e. The van der Waals surface area contributed by atoms with E-state index in [1.165, 1.54) is 5.56 Å². The van der Waals surface area contributed by atoms with Crippen LogP contribution in [0.1, 0.15) is 5.56 Å². The van der Waals surface area contributed by atoms with Crippen LogP contribution in [0.4, 0.5) is 0 Å². The van der Waals surface area contributed by atoms with Gasteiger partial charge >= 0.3 is 0 Å². The third-order valence-electron chi connectivity index (χ3n) is 2.41. The molecule has 1 aromatic carbocycles. The van der Waals surface area contributed by atoms with Gasteiger partial charge in [-0.15, -0.1) is 0 Å². The van der Waals surface area contributed by atoms with Crippen molar-refractivity contribution in [3.63, 3.8) is 0 Å². The average molecular weight is 211 g/mol. The molecule has 0 aliphatic carbocycles. The van der Waals surface area contributed by atoms with E-state index in [4.69, 9.17) is 5.11 Å². The smallest absolute Gasteiger partial charge is 0.0755 e. The van der Waals surface area contributed by atoms with Crippen LogP contribution in [0.5, 0.6) is 0 Å². The van der Waals surface area contributed by atoms with Crippen molar-refractivity contribution in [1.29, 1.82) is 0 Å². The van der Waals surface area contributed by atoms with Gasteiger partial charge in [0, 0.05) is 12.4 Å². The predicted octanol–water partition coefficient (Wildman–Crippen LogP) is 3.36. The Morgan fingerprint density at radius 2 is 1.88 bits per heavy atom. The molecule has 1 heterocycles. The fourth-order valence-corrected chi connectivity index (χ4v) is 1.56. The Morgan fingerprint density at radius 1 is 1.06 bits per heavy atom. The summed E-state index contributed by atoms with van der Waals surface area (Å²) >= 11 is 0. The molecule has 2 nitrogen and oxygen atoms in total. The summed E-state index contributed by atoms with van der Waals surface area (Å²) in [6.07, 6.45) is 7.17. The lowest BCUT2D eigenvalue weighted by Gasteiger charge is -2.02. The number of hydrogen-bond donors (Lipinski definition) is 1. The molecule has 0 saturated heterocycles. The number of rotatable bonds is 3. The van der Waals surface area contributed by atoms with E-state index in [2.05, 4.69) is 29.2 Å². The Kier molecular flexibility index (Phi) is 3.34. The highest BCUT2D eigenvalue weighted by Crippen LogP contribution is 2.18. The van der Waals surface area contributed by atoms with Gasteiger partial charge in [0.25, 0.3) is 0 Å². The van der Waals surface area contributed by atoms with Crippen LogP contribution < -0.4 is 0 Å². The first-order valence-corrected chi connectivity index (χ1v) is 5.19. The second-order valence-electron chi connectivity index (χ2n) is 3.53. The number of aliphatic hydroxyl groups is 1. The van der Waals surface area contributed by atoms with E-state index < -0.39 is 0 Å². The van der Waals surface area contributed by atoms with Crippen molar-refractivity contribution in [3.8, 4) is 11.1 Å². The standard InChI is InChI=1S/C14H13NO/c16-10-2-3-12-5-7-13(8-6-12)14-4-1-9-15-11-14/h1-2,4-11,16H,3H2/b10-2+. The summed E-state index contributed by atoms with van der Waals surface area (Å²) in [5.41, 5.74) is 3.45. The van der Waals surface area contributed by atoms with Crippen molar-refractivity contribution >= 4 is 0 Å². The fourth-order valence-electron chi connectivity index (χ4n) is 1.56. The molecular weight excluding hydrogens is 198 g/mol. The second kappa shape index (κ2) is 5.12. The monoisotopic (exact) mass is 211 g/mol. The van der Waals surface area contributed by atoms with Crippen LogP contribution >= 0.6 is 0 Å². The van der Waals surface area contributed by atoms with E-state index >= 15 is 0 Å². The first-order valence-electron chi connectivity index (χ1n) is 5.19. The van der Waals surface area contributed by atoms with Gasteiger partial charge in [-0.05, 0) is 35.3 Å². The third kappa shape index (κ3) is 2.48. The van der Waals surface area contributed by atoms with Crippen molar-refractivity contribution < 1.29 is 5.11 Å². The van der Waals surface area contributed by atoms with Gasteiger partial charge < -0.3 is 5.11 Å². The first kappa shape index (κ1) is 10.4. The lowest BCUT2D eigenvalue weighted by molar-refractivity contribution is 0.471. The first-order chi connectivity index (χ1) is 7.90. The fraction of sp³-hybridized carbons (Fsp3) is 0.0714. The number of benzene rings is 1. The molecule has 0 atom stereocenters. The molecule has 0 saturated carbocycles. The van der Waals surface area contributed by atoms with E-state index in [0.717, 1.165) is 23.8 Å². The number of nitrogens with zero attached hydrogens (tertiary/aromatic N) is 1. The highest BCUT2D eigenvalue weighted by molar-refractivity contribution is 5.62. The Balaban J connectivity index is 2.20. The lowest BCUT2D eigenvalue weighted by atomic mass is 10.0. The maximum atomic E-state index is 8.57. The molecule has 0 aliphatic heterocycles. The van der Waals surface area contributed by atoms with Gasteiger partial charge in [0.1, 0.15) is 0 Å². The van der Waals surface area contributed by atoms with Crippen molar-refractivity contribution in [2.24, 2.45) is 0 Å². The molecule has 80 valence electrons. The maximum absolute atomic E-state index is 8.57. The number of hydrogen-bond acceptors (Lipinski definition) is 2. The van der Waals surface area contributed by atoms with Gasteiger partial charge in [0.2, 0.25) is 0 Å². The van der Waals surface area contributed by atoms with E-state index in [-0.39, 0.29) is 0 Å². The molecule has 2 aromatic rings. The highest BCUT2D eigenvalue weighted by atomic mass is 16.2. The number of allylic oxidation sites excluding steroid dienone is 1. The number of aliphatic hydroxyl groups excluding tert-OH is 1. The Bertz CT molecular complexity index is 460. The molecule has 1 aromatic heterocycles.